The molecule has 0 spiro atoms. The zero-order valence-electron chi connectivity index (χ0n) is 14.7. The Morgan fingerprint density at radius 1 is 1.25 bits per heavy atom. The van der Waals surface area contributed by atoms with Crippen LogP contribution in [0, 0.1) is 5.41 Å². The summed E-state index contributed by atoms with van der Waals surface area (Å²) in [5.74, 6) is 0.750. The molecule has 0 aliphatic carbocycles. The Bertz CT molecular complexity index is 853. The molecule has 0 radical (unpaired) electrons. The molecule has 2 aromatic heterocycles. The third kappa shape index (κ3) is 3.20. The zero-order chi connectivity index (χ0) is 17.3. The highest BCUT2D eigenvalue weighted by molar-refractivity contribution is 5.83. The topological polar surface area (TPSA) is 65.7 Å². The first-order valence-electron chi connectivity index (χ1n) is 8.16. The van der Waals surface area contributed by atoms with E-state index in [2.05, 4.69) is 43.1 Å². The molecule has 128 valence electrons. The summed E-state index contributed by atoms with van der Waals surface area (Å²) in [5.41, 5.74) is 3.44. The van der Waals surface area contributed by atoms with Crippen LogP contribution in [0.25, 0.3) is 16.7 Å². The van der Waals surface area contributed by atoms with Crippen LogP contribution in [-0.4, -0.2) is 51.6 Å². The number of imidazole rings is 1. The molecule has 0 saturated heterocycles. The average Bonchev–Trinajstić information content (AvgIpc) is 2.96. The van der Waals surface area contributed by atoms with Gasteiger partial charge in [-0.15, -0.1) is 0 Å². The predicted octanol–water partition coefficient (Wildman–Crippen LogP) is 2.37. The lowest BCUT2D eigenvalue weighted by molar-refractivity contribution is 0.254. The van der Waals surface area contributed by atoms with E-state index in [1.54, 1.807) is 6.20 Å². The molecule has 0 bridgehead atoms. The van der Waals surface area contributed by atoms with Crippen molar-refractivity contribution in [3.05, 3.63) is 36.2 Å². The van der Waals surface area contributed by atoms with E-state index in [0.717, 1.165) is 41.3 Å². The number of nitrogens with zero attached hydrogens (tertiary/aromatic N) is 4. The number of nitrogens with one attached hydrogen (secondary N) is 1. The molecular formula is C18H25N5O. The summed E-state index contributed by atoms with van der Waals surface area (Å²) in [6.07, 6.45) is 1.71. The van der Waals surface area contributed by atoms with Gasteiger partial charge in [-0.05, 0) is 31.6 Å². The minimum atomic E-state index is -0.0548. The predicted molar refractivity (Wildman–Crippen MR) is 97.2 cm³/mol. The van der Waals surface area contributed by atoms with Crippen molar-refractivity contribution in [3.8, 4) is 0 Å². The van der Waals surface area contributed by atoms with E-state index in [0.29, 0.717) is 0 Å². The largest absolute Gasteiger partial charge is 0.390 e. The van der Waals surface area contributed by atoms with Crippen molar-refractivity contribution in [1.29, 1.82) is 0 Å². The Morgan fingerprint density at radius 3 is 2.71 bits per heavy atom. The van der Waals surface area contributed by atoms with Gasteiger partial charge >= 0.3 is 0 Å². The number of rotatable bonds is 6. The zero-order valence-corrected chi connectivity index (χ0v) is 14.7. The van der Waals surface area contributed by atoms with Crippen LogP contribution in [0.1, 0.15) is 19.5 Å². The number of aromatic nitrogens is 3. The summed E-state index contributed by atoms with van der Waals surface area (Å²) in [5, 5.41) is 13.1. The highest BCUT2D eigenvalue weighted by Crippen LogP contribution is 2.24. The summed E-state index contributed by atoms with van der Waals surface area (Å²) < 4.78 is 1.98. The Kier molecular flexibility index (Phi) is 4.43. The second-order valence-electron chi connectivity index (χ2n) is 7.27. The van der Waals surface area contributed by atoms with Gasteiger partial charge in [-0.2, -0.15) is 0 Å². The van der Waals surface area contributed by atoms with Crippen molar-refractivity contribution in [3.63, 3.8) is 0 Å². The Labute approximate surface area is 142 Å². The Hall–Kier alpha value is -2.18. The Morgan fingerprint density at radius 2 is 2.00 bits per heavy atom. The SMILES string of the molecule is CN(C)CC(C)(C)CNc1nc2ccccc2n2c(CO)cnc12. The van der Waals surface area contributed by atoms with Crippen molar-refractivity contribution >= 4 is 22.5 Å². The number of fused-ring (bicyclic) bond motifs is 3. The molecule has 6 heteroatoms. The number of hydrogen-bond donors (Lipinski definition) is 2. The normalized spacial score (nSPS) is 12.4. The van der Waals surface area contributed by atoms with E-state index in [9.17, 15) is 5.11 Å². The Balaban J connectivity index is 2.02. The fraction of sp³-hybridized carbons (Fsp3) is 0.444. The maximum Gasteiger partial charge on any atom is 0.180 e. The third-order valence-electron chi connectivity index (χ3n) is 4.04. The van der Waals surface area contributed by atoms with Crippen LogP contribution in [0.4, 0.5) is 5.82 Å². The lowest BCUT2D eigenvalue weighted by atomic mass is 9.93. The van der Waals surface area contributed by atoms with Crippen LogP contribution in [0.15, 0.2) is 30.5 Å². The number of aliphatic hydroxyl groups excluding tert-OH is 1. The average molecular weight is 327 g/mol. The molecule has 0 unspecified atom stereocenters. The van der Waals surface area contributed by atoms with Crippen molar-refractivity contribution in [2.75, 3.05) is 32.5 Å². The maximum absolute atomic E-state index is 9.63. The smallest absolute Gasteiger partial charge is 0.180 e. The quantitative estimate of drug-likeness (QED) is 0.728. The molecular weight excluding hydrogens is 302 g/mol. The van der Waals surface area contributed by atoms with Gasteiger partial charge in [0.25, 0.3) is 0 Å². The minimum Gasteiger partial charge on any atom is -0.390 e. The maximum atomic E-state index is 9.63. The summed E-state index contributed by atoms with van der Waals surface area (Å²) >= 11 is 0. The summed E-state index contributed by atoms with van der Waals surface area (Å²) in [6, 6.07) is 7.91. The number of aliphatic hydroxyl groups is 1. The highest BCUT2D eigenvalue weighted by atomic mass is 16.3. The van der Waals surface area contributed by atoms with E-state index in [4.69, 9.17) is 4.98 Å². The first kappa shape index (κ1) is 16.7. The molecule has 24 heavy (non-hydrogen) atoms. The van der Waals surface area contributed by atoms with Crippen LogP contribution in [-0.2, 0) is 6.61 Å². The van der Waals surface area contributed by atoms with Crippen LogP contribution in [0.2, 0.25) is 0 Å². The molecule has 0 aliphatic rings. The fourth-order valence-corrected chi connectivity index (χ4v) is 3.21. The molecule has 2 heterocycles. The highest BCUT2D eigenvalue weighted by Gasteiger charge is 2.20. The molecule has 3 rings (SSSR count). The van der Waals surface area contributed by atoms with E-state index in [-0.39, 0.29) is 12.0 Å². The second-order valence-corrected chi connectivity index (χ2v) is 7.27. The van der Waals surface area contributed by atoms with E-state index >= 15 is 0 Å². The molecule has 0 amide bonds. The molecule has 0 saturated carbocycles. The summed E-state index contributed by atoms with van der Waals surface area (Å²) in [7, 11) is 4.16. The molecule has 0 atom stereocenters. The second kappa shape index (κ2) is 6.37. The standard InChI is InChI=1S/C18H25N5O/c1-18(2,12-22(3)4)11-20-16-17-19-9-13(10-24)23(17)15-8-6-5-7-14(15)21-16/h5-9,24H,10-12H2,1-4H3,(H,20,21). The van der Waals surface area contributed by atoms with E-state index in [1.165, 1.54) is 0 Å². The van der Waals surface area contributed by atoms with Gasteiger partial charge < -0.3 is 15.3 Å². The van der Waals surface area contributed by atoms with Crippen LogP contribution < -0.4 is 5.32 Å². The van der Waals surface area contributed by atoms with Crippen molar-refractivity contribution < 1.29 is 5.11 Å². The number of benzene rings is 1. The van der Waals surface area contributed by atoms with Crippen molar-refractivity contribution in [1.82, 2.24) is 19.3 Å². The van der Waals surface area contributed by atoms with E-state index in [1.807, 2.05) is 28.7 Å². The minimum absolute atomic E-state index is 0.0548. The van der Waals surface area contributed by atoms with Crippen molar-refractivity contribution in [2.45, 2.75) is 20.5 Å². The van der Waals surface area contributed by atoms with Gasteiger partial charge in [-0.1, -0.05) is 26.0 Å². The van der Waals surface area contributed by atoms with Gasteiger partial charge in [0, 0.05) is 13.1 Å². The van der Waals surface area contributed by atoms with Gasteiger partial charge in [0.1, 0.15) is 0 Å². The van der Waals surface area contributed by atoms with Crippen molar-refractivity contribution in [2.24, 2.45) is 5.41 Å². The van der Waals surface area contributed by atoms with Crippen LogP contribution >= 0.6 is 0 Å². The first-order valence-corrected chi connectivity index (χ1v) is 8.16. The molecule has 0 fully saturated rings. The lowest BCUT2D eigenvalue weighted by Gasteiger charge is -2.28. The van der Waals surface area contributed by atoms with Gasteiger partial charge in [0.05, 0.1) is 29.5 Å². The monoisotopic (exact) mass is 327 g/mol. The number of anilines is 1. The lowest BCUT2D eigenvalue weighted by Crippen LogP contribution is -2.34. The van der Waals surface area contributed by atoms with Gasteiger partial charge in [-0.3, -0.25) is 4.40 Å². The molecule has 2 N–H and O–H groups in total. The summed E-state index contributed by atoms with van der Waals surface area (Å²) in [4.78, 5) is 11.4. The van der Waals surface area contributed by atoms with Crippen LogP contribution in [0.3, 0.4) is 0 Å². The van der Waals surface area contributed by atoms with Gasteiger partial charge in [0.2, 0.25) is 0 Å². The van der Waals surface area contributed by atoms with Gasteiger partial charge in [-0.25, -0.2) is 9.97 Å². The van der Waals surface area contributed by atoms with Crippen LogP contribution in [0.5, 0.6) is 0 Å². The molecule has 1 aromatic carbocycles. The van der Waals surface area contributed by atoms with Gasteiger partial charge in [0.15, 0.2) is 11.5 Å². The molecule has 0 aliphatic heterocycles. The molecule has 3 aromatic rings. The number of para-hydroxylation sites is 2. The third-order valence-corrected chi connectivity index (χ3v) is 4.04. The summed E-state index contributed by atoms with van der Waals surface area (Å²) in [6.45, 7) is 6.15. The fourth-order valence-electron chi connectivity index (χ4n) is 3.21. The van der Waals surface area contributed by atoms with E-state index < -0.39 is 0 Å². The number of hydrogen-bond acceptors (Lipinski definition) is 5. The molecule has 6 nitrogen and oxygen atoms in total. The first-order chi connectivity index (χ1) is 11.4.